The Kier molecular flexibility index (Phi) is 3.75. The van der Waals surface area contributed by atoms with Gasteiger partial charge in [0.25, 0.3) is 0 Å². The van der Waals surface area contributed by atoms with Crippen LogP contribution in [0.4, 0.5) is 0 Å². The fourth-order valence-corrected chi connectivity index (χ4v) is 2.11. The second-order valence-corrected chi connectivity index (χ2v) is 4.33. The molecule has 0 aromatic heterocycles. The summed E-state index contributed by atoms with van der Waals surface area (Å²) >= 11 is 0. The van der Waals surface area contributed by atoms with Crippen molar-refractivity contribution < 1.29 is 0 Å². The van der Waals surface area contributed by atoms with Crippen molar-refractivity contribution in [1.29, 1.82) is 0 Å². The van der Waals surface area contributed by atoms with Crippen LogP contribution in [0.25, 0.3) is 0 Å². The van der Waals surface area contributed by atoms with Crippen LogP contribution >= 0.6 is 0 Å². The number of hydrogen-bond donors (Lipinski definition) is 2. The summed E-state index contributed by atoms with van der Waals surface area (Å²) in [5, 5.41) is 7.08. The maximum Gasteiger partial charge on any atom is 0.0292 e. The van der Waals surface area contributed by atoms with Gasteiger partial charge in [-0.1, -0.05) is 30.3 Å². The van der Waals surface area contributed by atoms with Gasteiger partial charge in [-0.05, 0) is 31.9 Å². The molecule has 2 rings (SSSR count). The quantitative estimate of drug-likeness (QED) is 0.784. The fourth-order valence-electron chi connectivity index (χ4n) is 2.11. The first-order valence-corrected chi connectivity index (χ1v) is 5.88. The summed E-state index contributed by atoms with van der Waals surface area (Å²) in [6.45, 7) is 4.49. The van der Waals surface area contributed by atoms with Gasteiger partial charge in [0.15, 0.2) is 0 Å². The van der Waals surface area contributed by atoms with E-state index in [0.717, 1.165) is 6.54 Å². The van der Waals surface area contributed by atoms with Crippen LogP contribution in [0.2, 0.25) is 0 Å². The Morgan fingerprint density at radius 3 is 2.87 bits per heavy atom. The molecule has 1 saturated heterocycles. The van der Waals surface area contributed by atoms with Crippen LogP contribution in [0.1, 0.15) is 31.4 Å². The lowest BCUT2D eigenvalue weighted by Crippen LogP contribution is -2.35. The highest BCUT2D eigenvalue weighted by molar-refractivity contribution is 5.18. The van der Waals surface area contributed by atoms with Crippen LogP contribution in [0.3, 0.4) is 0 Å². The monoisotopic (exact) mass is 204 g/mol. The third-order valence-electron chi connectivity index (χ3n) is 3.13. The van der Waals surface area contributed by atoms with Gasteiger partial charge >= 0.3 is 0 Å². The summed E-state index contributed by atoms with van der Waals surface area (Å²) in [6.07, 6.45) is 2.64. The third kappa shape index (κ3) is 3.05. The molecule has 0 aliphatic carbocycles. The van der Waals surface area contributed by atoms with Crippen LogP contribution in [0.15, 0.2) is 30.3 Å². The van der Waals surface area contributed by atoms with Crippen molar-refractivity contribution in [2.75, 3.05) is 13.1 Å². The van der Waals surface area contributed by atoms with Gasteiger partial charge in [0, 0.05) is 18.6 Å². The van der Waals surface area contributed by atoms with Crippen molar-refractivity contribution in [1.82, 2.24) is 10.6 Å². The molecule has 0 amide bonds. The van der Waals surface area contributed by atoms with Crippen molar-refractivity contribution in [2.24, 2.45) is 0 Å². The Morgan fingerprint density at radius 1 is 1.40 bits per heavy atom. The van der Waals surface area contributed by atoms with E-state index in [2.05, 4.69) is 47.9 Å². The van der Waals surface area contributed by atoms with E-state index in [1.54, 1.807) is 0 Å². The van der Waals surface area contributed by atoms with Crippen LogP contribution < -0.4 is 10.6 Å². The summed E-state index contributed by atoms with van der Waals surface area (Å²) in [7, 11) is 0. The third-order valence-corrected chi connectivity index (χ3v) is 3.13. The van der Waals surface area contributed by atoms with E-state index in [1.165, 1.54) is 24.9 Å². The summed E-state index contributed by atoms with van der Waals surface area (Å²) in [4.78, 5) is 0. The molecule has 2 unspecified atom stereocenters. The van der Waals surface area contributed by atoms with Gasteiger partial charge in [0.1, 0.15) is 0 Å². The van der Waals surface area contributed by atoms with Gasteiger partial charge in [-0.3, -0.25) is 0 Å². The van der Waals surface area contributed by atoms with Gasteiger partial charge in [-0.15, -0.1) is 0 Å². The summed E-state index contributed by atoms with van der Waals surface area (Å²) in [5.41, 5.74) is 1.37. The maximum absolute atomic E-state index is 3.58. The molecule has 1 fully saturated rings. The summed E-state index contributed by atoms with van der Waals surface area (Å²) < 4.78 is 0. The van der Waals surface area contributed by atoms with Gasteiger partial charge < -0.3 is 10.6 Å². The molecule has 0 spiro atoms. The standard InChI is InChI=1S/C13H20N2/c1-11(12-6-3-2-4-7-12)15-10-13-8-5-9-14-13/h2-4,6-7,11,13-15H,5,8-10H2,1H3. The molecule has 1 aliphatic rings. The Balaban J connectivity index is 1.79. The van der Waals surface area contributed by atoms with Crippen LogP contribution in [0, 0.1) is 0 Å². The van der Waals surface area contributed by atoms with Crippen molar-refractivity contribution in [3.05, 3.63) is 35.9 Å². The molecular weight excluding hydrogens is 184 g/mol. The molecule has 0 radical (unpaired) electrons. The number of hydrogen-bond acceptors (Lipinski definition) is 2. The minimum Gasteiger partial charge on any atom is -0.313 e. The predicted octanol–water partition coefficient (Wildman–Crippen LogP) is 2.09. The van der Waals surface area contributed by atoms with Crippen LogP contribution in [-0.4, -0.2) is 19.1 Å². The minimum atomic E-state index is 0.452. The number of rotatable bonds is 4. The topological polar surface area (TPSA) is 24.1 Å². The molecule has 1 aromatic carbocycles. The van der Waals surface area contributed by atoms with Crippen molar-refractivity contribution in [3.8, 4) is 0 Å². The minimum absolute atomic E-state index is 0.452. The molecular formula is C13H20N2. The van der Waals surface area contributed by atoms with E-state index < -0.39 is 0 Å². The highest BCUT2D eigenvalue weighted by Gasteiger charge is 2.14. The van der Waals surface area contributed by atoms with Crippen molar-refractivity contribution in [2.45, 2.75) is 31.8 Å². The van der Waals surface area contributed by atoms with Gasteiger partial charge in [-0.25, -0.2) is 0 Å². The van der Waals surface area contributed by atoms with Crippen LogP contribution in [-0.2, 0) is 0 Å². The first kappa shape index (κ1) is 10.7. The van der Waals surface area contributed by atoms with Gasteiger partial charge in [0.05, 0.1) is 0 Å². The molecule has 15 heavy (non-hydrogen) atoms. The molecule has 1 heterocycles. The van der Waals surface area contributed by atoms with Crippen molar-refractivity contribution in [3.63, 3.8) is 0 Å². The largest absolute Gasteiger partial charge is 0.313 e. The normalized spacial score (nSPS) is 22.9. The number of nitrogens with one attached hydrogen (secondary N) is 2. The van der Waals surface area contributed by atoms with E-state index in [4.69, 9.17) is 0 Å². The highest BCUT2D eigenvalue weighted by atomic mass is 15.0. The zero-order valence-corrected chi connectivity index (χ0v) is 9.37. The zero-order chi connectivity index (χ0) is 10.5. The fraction of sp³-hybridized carbons (Fsp3) is 0.538. The Morgan fingerprint density at radius 2 is 2.20 bits per heavy atom. The summed E-state index contributed by atoms with van der Waals surface area (Å²) in [6, 6.07) is 11.8. The highest BCUT2D eigenvalue weighted by Crippen LogP contribution is 2.12. The Labute approximate surface area is 92.1 Å². The van der Waals surface area contributed by atoms with Gasteiger partial charge in [-0.2, -0.15) is 0 Å². The first-order valence-electron chi connectivity index (χ1n) is 5.88. The summed E-state index contributed by atoms with van der Waals surface area (Å²) in [5.74, 6) is 0. The van der Waals surface area contributed by atoms with E-state index in [1.807, 2.05) is 0 Å². The lowest BCUT2D eigenvalue weighted by molar-refractivity contribution is 0.490. The molecule has 0 bridgehead atoms. The zero-order valence-electron chi connectivity index (χ0n) is 9.37. The van der Waals surface area contributed by atoms with E-state index >= 15 is 0 Å². The lowest BCUT2D eigenvalue weighted by atomic mass is 10.1. The first-order chi connectivity index (χ1) is 7.36. The SMILES string of the molecule is CC(NCC1CCCN1)c1ccccc1. The Bertz CT molecular complexity index is 278. The molecule has 2 nitrogen and oxygen atoms in total. The van der Waals surface area contributed by atoms with E-state index in [-0.39, 0.29) is 0 Å². The number of benzene rings is 1. The second-order valence-electron chi connectivity index (χ2n) is 4.33. The molecule has 1 aliphatic heterocycles. The van der Waals surface area contributed by atoms with Gasteiger partial charge in [0.2, 0.25) is 0 Å². The van der Waals surface area contributed by atoms with E-state index in [9.17, 15) is 0 Å². The molecule has 82 valence electrons. The smallest absolute Gasteiger partial charge is 0.0292 e. The maximum atomic E-state index is 3.58. The molecule has 2 atom stereocenters. The van der Waals surface area contributed by atoms with E-state index in [0.29, 0.717) is 12.1 Å². The molecule has 2 heteroatoms. The predicted molar refractivity (Wildman–Crippen MR) is 63.9 cm³/mol. The average Bonchev–Trinajstić information content (AvgIpc) is 2.80. The second kappa shape index (κ2) is 5.29. The molecule has 2 N–H and O–H groups in total. The lowest BCUT2D eigenvalue weighted by Gasteiger charge is -2.17. The van der Waals surface area contributed by atoms with Crippen molar-refractivity contribution >= 4 is 0 Å². The average molecular weight is 204 g/mol. The van der Waals surface area contributed by atoms with Crippen LogP contribution in [0.5, 0.6) is 0 Å². The molecule has 0 saturated carbocycles. The Hall–Kier alpha value is -0.860. The molecule has 1 aromatic rings.